The summed E-state index contributed by atoms with van der Waals surface area (Å²) in [6.07, 6.45) is 2.00. The number of aliphatic hydroxyl groups excluding tert-OH is 1. The predicted octanol–water partition coefficient (Wildman–Crippen LogP) is 3.46. The van der Waals surface area contributed by atoms with Gasteiger partial charge in [0.15, 0.2) is 0 Å². The summed E-state index contributed by atoms with van der Waals surface area (Å²) < 4.78 is 0. The zero-order valence-corrected chi connectivity index (χ0v) is 15.9. The van der Waals surface area contributed by atoms with E-state index in [1.807, 2.05) is 43.3 Å². The van der Waals surface area contributed by atoms with Gasteiger partial charge >= 0.3 is 0 Å². The third-order valence-electron chi connectivity index (χ3n) is 4.71. The van der Waals surface area contributed by atoms with E-state index >= 15 is 0 Å². The van der Waals surface area contributed by atoms with Crippen molar-refractivity contribution in [1.29, 1.82) is 0 Å². The van der Waals surface area contributed by atoms with Crippen molar-refractivity contribution in [2.24, 2.45) is 5.73 Å². The molecule has 2 aromatic carbocycles. The number of carbonyl (C=O) groups excluding carboxylic acids is 1. The van der Waals surface area contributed by atoms with E-state index in [1.54, 1.807) is 6.07 Å². The standard InChI is InChI=1S/C21H22ClN3O2/c1-13-15(7-6-14-4-2-3-5-19(14)22)10-16(11-18(13)21(23)27)20-12-17(8-9-26)24-25-20/h2-5,10-12,26H,6-9H2,1H3,(H2,23,27)(H,24,25). The Labute approximate surface area is 163 Å². The normalized spacial score (nSPS) is 10.9. The van der Waals surface area contributed by atoms with E-state index in [0.717, 1.165) is 51.5 Å². The SMILES string of the molecule is Cc1c(CCc2ccccc2Cl)cc(-c2cc(CCO)[nH]n2)cc1C(N)=O. The first-order chi connectivity index (χ1) is 13.0. The van der Waals surface area contributed by atoms with Gasteiger partial charge in [-0.2, -0.15) is 5.10 Å². The lowest BCUT2D eigenvalue weighted by molar-refractivity contribution is 0.0999. The van der Waals surface area contributed by atoms with Crippen molar-refractivity contribution in [3.05, 3.63) is 75.4 Å². The number of aromatic amines is 1. The largest absolute Gasteiger partial charge is 0.396 e. The molecule has 0 aliphatic rings. The lowest BCUT2D eigenvalue weighted by Crippen LogP contribution is -2.14. The van der Waals surface area contributed by atoms with E-state index in [4.69, 9.17) is 22.4 Å². The first-order valence-electron chi connectivity index (χ1n) is 8.82. The molecular formula is C21H22ClN3O2. The molecule has 1 heterocycles. The van der Waals surface area contributed by atoms with Crippen LogP contribution in [-0.4, -0.2) is 27.8 Å². The molecule has 0 aliphatic carbocycles. The van der Waals surface area contributed by atoms with Gasteiger partial charge in [0, 0.05) is 34.9 Å². The Morgan fingerprint density at radius 2 is 1.89 bits per heavy atom. The number of carbonyl (C=O) groups is 1. The Morgan fingerprint density at radius 1 is 1.15 bits per heavy atom. The van der Waals surface area contributed by atoms with Crippen LogP contribution in [-0.2, 0) is 19.3 Å². The Kier molecular flexibility index (Phi) is 5.94. The lowest BCUT2D eigenvalue weighted by Gasteiger charge is -2.13. The molecule has 27 heavy (non-hydrogen) atoms. The van der Waals surface area contributed by atoms with Gasteiger partial charge in [0.1, 0.15) is 0 Å². The molecule has 0 spiro atoms. The monoisotopic (exact) mass is 383 g/mol. The van der Waals surface area contributed by atoms with Crippen molar-refractivity contribution >= 4 is 17.5 Å². The molecule has 1 amide bonds. The van der Waals surface area contributed by atoms with Crippen LogP contribution in [0.25, 0.3) is 11.3 Å². The number of aryl methyl sites for hydroxylation is 2. The van der Waals surface area contributed by atoms with Crippen LogP contribution in [0.15, 0.2) is 42.5 Å². The number of hydrogen-bond donors (Lipinski definition) is 3. The topological polar surface area (TPSA) is 92.0 Å². The number of H-pyrrole nitrogens is 1. The van der Waals surface area contributed by atoms with Crippen LogP contribution in [0.3, 0.4) is 0 Å². The van der Waals surface area contributed by atoms with Gasteiger partial charge in [0.25, 0.3) is 0 Å². The highest BCUT2D eigenvalue weighted by Gasteiger charge is 2.14. The second-order valence-corrected chi connectivity index (χ2v) is 6.92. The van der Waals surface area contributed by atoms with Crippen LogP contribution in [0, 0.1) is 6.92 Å². The molecule has 0 saturated carbocycles. The fourth-order valence-electron chi connectivity index (χ4n) is 3.17. The van der Waals surface area contributed by atoms with Crippen LogP contribution in [0.1, 0.15) is 32.7 Å². The average Bonchev–Trinajstić information content (AvgIpc) is 3.11. The first kappa shape index (κ1) is 19.1. The second-order valence-electron chi connectivity index (χ2n) is 6.52. The molecule has 6 heteroatoms. The first-order valence-corrected chi connectivity index (χ1v) is 9.19. The van der Waals surface area contributed by atoms with Crippen molar-refractivity contribution in [2.45, 2.75) is 26.2 Å². The summed E-state index contributed by atoms with van der Waals surface area (Å²) in [5.41, 5.74) is 11.5. The van der Waals surface area contributed by atoms with Crippen LogP contribution < -0.4 is 5.73 Å². The highest BCUT2D eigenvalue weighted by molar-refractivity contribution is 6.31. The summed E-state index contributed by atoms with van der Waals surface area (Å²) in [5, 5.41) is 17.0. The van der Waals surface area contributed by atoms with Gasteiger partial charge < -0.3 is 10.8 Å². The van der Waals surface area contributed by atoms with Gasteiger partial charge in [-0.15, -0.1) is 0 Å². The zero-order valence-electron chi connectivity index (χ0n) is 15.1. The molecule has 140 valence electrons. The summed E-state index contributed by atoms with van der Waals surface area (Å²) in [6, 6.07) is 13.4. The number of rotatable bonds is 7. The zero-order chi connectivity index (χ0) is 19.4. The third-order valence-corrected chi connectivity index (χ3v) is 5.08. The molecule has 4 N–H and O–H groups in total. The minimum Gasteiger partial charge on any atom is -0.396 e. The van der Waals surface area contributed by atoms with E-state index in [-0.39, 0.29) is 6.61 Å². The van der Waals surface area contributed by atoms with Gasteiger partial charge in [-0.1, -0.05) is 29.8 Å². The summed E-state index contributed by atoms with van der Waals surface area (Å²) in [4.78, 5) is 11.9. The fraction of sp³-hybridized carbons (Fsp3) is 0.238. The number of nitrogens with two attached hydrogens (primary N) is 1. The average molecular weight is 384 g/mol. The van der Waals surface area contributed by atoms with Crippen molar-refractivity contribution in [1.82, 2.24) is 10.2 Å². The Hall–Kier alpha value is -2.63. The fourth-order valence-corrected chi connectivity index (χ4v) is 3.40. The molecular weight excluding hydrogens is 362 g/mol. The van der Waals surface area contributed by atoms with Crippen molar-refractivity contribution in [3.8, 4) is 11.3 Å². The summed E-state index contributed by atoms with van der Waals surface area (Å²) in [6.45, 7) is 1.96. The molecule has 0 aliphatic heterocycles. The summed E-state index contributed by atoms with van der Waals surface area (Å²) in [5.74, 6) is -0.459. The summed E-state index contributed by atoms with van der Waals surface area (Å²) in [7, 11) is 0. The minimum absolute atomic E-state index is 0.0468. The number of nitrogens with one attached hydrogen (secondary N) is 1. The third kappa shape index (κ3) is 4.38. The lowest BCUT2D eigenvalue weighted by atomic mass is 9.93. The molecule has 0 fully saturated rings. The molecule has 0 radical (unpaired) electrons. The number of primary amides is 1. The number of amides is 1. The quantitative estimate of drug-likeness (QED) is 0.583. The molecule has 1 aromatic heterocycles. The van der Waals surface area contributed by atoms with Gasteiger partial charge in [-0.3, -0.25) is 9.89 Å². The molecule has 5 nitrogen and oxygen atoms in total. The summed E-state index contributed by atoms with van der Waals surface area (Å²) >= 11 is 6.26. The van der Waals surface area contributed by atoms with Crippen LogP contribution >= 0.6 is 11.6 Å². The molecule has 0 unspecified atom stereocenters. The molecule has 0 saturated heterocycles. The van der Waals surface area contributed by atoms with Gasteiger partial charge in [0.05, 0.1) is 5.69 Å². The van der Waals surface area contributed by atoms with Gasteiger partial charge in [-0.05, 0) is 60.7 Å². The molecule has 3 rings (SSSR count). The number of aliphatic hydroxyl groups is 1. The molecule has 0 atom stereocenters. The minimum atomic E-state index is -0.459. The second kappa shape index (κ2) is 8.37. The van der Waals surface area contributed by atoms with Gasteiger partial charge in [-0.25, -0.2) is 0 Å². The number of aromatic nitrogens is 2. The maximum Gasteiger partial charge on any atom is 0.248 e. The Morgan fingerprint density at radius 3 is 2.59 bits per heavy atom. The van der Waals surface area contributed by atoms with Crippen LogP contribution in [0.4, 0.5) is 0 Å². The van der Waals surface area contributed by atoms with E-state index in [1.165, 1.54) is 0 Å². The Bertz CT molecular complexity index is 966. The number of halogens is 1. The maximum atomic E-state index is 11.9. The van der Waals surface area contributed by atoms with E-state index < -0.39 is 5.91 Å². The number of benzene rings is 2. The van der Waals surface area contributed by atoms with Crippen LogP contribution in [0.5, 0.6) is 0 Å². The maximum absolute atomic E-state index is 11.9. The highest BCUT2D eigenvalue weighted by atomic mass is 35.5. The van der Waals surface area contributed by atoms with E-state index in [2.05, 4.69) is 10.2 Å². The Balaban J connectivity index is 1.95. The molecule has 0 bridgehead atoms. The van der Waals surface area contributed by atoms with Crippen molar-refractivity contribution in [3.63, 3.8) is 0 Å². The van der Waals surface area contributed by atoms with E-state index in [0.29, 0.717) is 12.0 Å². The van der Waals surface area contributed by atoms with E-state index in [9.17, 15) is 4.79 Å². The highest BCUT2D eigenvalue weighted by Crippen LogP contribution is 2.27. The predicted molar refractivity (Wildman–Crippen MR) is 107 cm³/mol. The molecule has 3 aromatic rings. The number of nitrogens with zero attached hydrogens (tertiary/aromatic N) is 1. The van der Waals surface area contributed by atoms with Crippen molar-refractivity contribution < 1.29 is 9.90 Å². The van der Waals surface area contributed by atoms with Gasteiger partial charge in [0.2, 0.25) is 5.91 Å². The van der Waals surface area contributed by atoms with Crippen LogP contribution in [0.2, 0.25) is 5.02 Å². The smallest absolute Gasteiger partial charge is 0.248 e. The van der Waals surface area contributed by atoms with Crippen molar-refractivity contribution in [2.75, 3.05) is 6.61 Å². The number of hydrogen-bond acceptors (Lipinski definition) is 3.